The van der Waals surface area contributed by atoms with Gasteiger partial charge in [0.2, 0.25) is 0 Å². The highest BCUT2D eigenvalue weighted by Crippen LogP contribution is 2.50. The molecule has 2 aromatic rings. The van der Waals surface area contributed by atoms with Crippen molar-refractivity contribution in [3.63, 3.8) is 0 Å². The molecule has 1 N–H and O–H groups in total. The maximum atomic E-state index is 15.0. The molecule has 0 saturated carbocycles. The van der Waals surface area contributed by atoms with E-state index in [0.717, 1.165) is 26.2 Å². The second kappa shape index (κ2) is 9.42. The van der Waals surface area contributed by atoms with E-state index < -0.39 is 14.0 Å². The number of nitrogens with zero attached hydrogens (tertiary/aromatic N) is 2. The Morgan fingerprint density at radius 3 is 2.50 bits per heavy atom. The van der Waals surface area contributed by atoms with E-state index in [4.69, 9.17) is 11.6 Å². The summed E-state index contributed by atoms with van der Waals surface area (Å²) < 4.78 is 29.9. The molecule has 0 aromatic heterocycles. The maximum absolute atomic E-state index is 15.0. The first kappa shape index (κ1) is 24.9. The van der Waals surface area contributed by atoms with Crippen molar-refractivity contribution in [1.82, 2.24) is 9.80 Å². The van der Waals surface area contributed by atoms with Crippen LogP contribution in [0, 0.1) is 11.5 Å². The minimum absolute atomic E-state index is 0.00651. The van der Waals surface area contributed by atoms with Crippen molar-refractivity contribution in [2.24, 2.45) is 0 Å². The summed E-state index contributed by atoms with van der Waals surface area (Å²) >= 11 is 6.26. The van der Waals surface area contributed by atoms with Gasteiger partial charge < -0.3 is 10.2 Å². The molecule has 34 heavy (non-hydrogen) atoms. The van der Waals surface area contributed by atoms with E-state index in [0.29, 0.717) is 27.4 Å². The number of likely N-dealkylation sites (N-methyl/N-ethyl adjacent to an activating group) is 1. The second-order valence-electron chi connectivity index (χ2n) is 10.2. The van der Waals surface area contributed by atoms with Crippen molar-refractivity contribution in [2.75, 3.05) is 38.5 Å². The summed E-state index contributed by atoms with van der Waals surface area (Å²) in [6.45, 7) is 9.67. The number of carbonyl (C=O) groups excluding carboxylic acids is 1. The minimum atomic E-state index is -2.93. The molecule has 1 heterocycles. The van der Waals surface area contributed by atoms with Crippen LogP contribution in [0.5, 0.6) is 0 Å². The Kier molecular flexibility index (Phi) is 6.89. The predicted octanol–water partition coefficient (Wildman–Crippen LogP) is 5.61. The molecule has 2 aliphatic rings. The maximum Gasteiger partial charge on any atom is 0.275 e. The average Bonchev–Trinajstić information content (AvgIpc) is 3.03. The van der Waals surface area contributed by atoms with Gasteiger partial charge in [0.15, 0.2) is 0 Å². The van der Waals surface area contributed by atoms with E-state index in [1.807, 2.05) is 7.05 Å². The van der Waals surface area contributed by atoms with Crippen LogP contribution in [-0.2, 0) is 5.92 Å². The van der Waals surface area contributed by atoms with E-state index >= 15 is 0 Å². The van der Waals surface area contributed by atoms with Gasteiger partial charge in [0, 0.05) is 61.0 Å². The van der Waals surface area contributed by atoms with Crippen LogP contribution >= 0.6 is 11.6 Å². The summed E-state index contributed by atoms with van der Waals surface area (Å²) in [6.07, 6.45) is -0.222. The average molecular weight is 502 g/mol. The SMILES string of the molecule is CN1CCN(C2CC(F)(F)c3cc(NC(=O)c4ccc(Cl)c(C#C[Si](C)(C)C)c4)ccc32)CC1. The number of amides is 1. The lowest BCUT2D eigenvalue weighted by molar-refractivity contribution is -0.0257. The van der Waals surface area contributed by atoms with Crippen molar-refractivity contribution < 1.29 is 13.6 Å². The lowest BCUT2D eigenvalue weighted by atomic mass is 10.0. The normalized spacial score (nSPS) is 20.4. The zero-order valence-electron chi connectivity index (χ0n) is 20.0. The molecule has 1 unspecified atom stereocenters. The quantitative estimate of drug-likeness (QED) is 0.439. The molecule has 1 amide bonds. The Hall–Kier alpha value is -2.24. The minimum Gasteiger partial charge on any atom is -0.322 e. The van der Waals surface area contributed by atoms with Crippen molar-refractivity contribution in [3.05, 3.63) is 63.7 Å². The van der Waals surface area contributed by atoms with Crippen molar-refractivity contribution in [1.29, 1.82) is 0 Å². The molecule has 1 saturated heterocycles. The number of benzene rings is 2. The van der Waals surface area contributed by atoms with E-state index in [-0.39, 0.29) is 23.9 Å². The molecule has 1 aliphatic heterocycles. The summed E-state index contributed by atoms with van der Waals surface area (Å²) in [6, 6.07) is 9.48. The molecular formula is C26H30ClF2N3OSi. The molecule has 4 rings (SSSR count). The van der Waals surface area contributed by atoms with Crippen LogP contribution in [0.25, 0.3) is 0 Å². The van der Waals surface area contributed by atoms with Gasteiger partial charge in [-0.25, -0.2) is 8.78 Å². The van der Waals surface area contributed by atoms with E-state index in [1.54, 1.807) is 30.3 Å². The summed E-state index contributed by atoms with van der Waals surface area (Å²) in [7, 11) is 0.436. The van der Waals surface area contributed by atoms with Crippen LogP contribution in [0.3, 0.4) is 0 Å². The van der Waals surface area contributed by atoms with Gasteiger partial charge in [-0.1, -0.05) is 43.2 Å². The summed E-state index contributed by atoms with van der Waals surface area (Å²) in [5, 5.41) is 3.25. The number of piperazine rings is 1. The standard InChI is InChI=1S/C26H30ClF2N3OSi/c1-31-10-12-32(13-11-31)24-17-26(28,29)22-16-20(6-7-21(22)24)30-25(33)19-5-8-23(27)18(15-19)9-14-34(2,3)4/h5-8,15-16,24H,10-13,17H2,1-4H3,(H,30,33). The lowest BCUT2D eigenvalue weighted by Crippen LogP contribution is -2.45. The number of hydrogen-bond donors (Lipinski definition) is 1. The number of hydrogen-bond acceptors (Lipinski definition) is 3. The number of anilines is 1. The summed E-state index contributed by atoms with van der Waals surface area (Å²) in [5.74, 6) is -0.223. The molecule has 1 aliphatic carbocycles. The monoisotopic (exact) mass is 501 g/mol. The third kappa shape index (κ3) is 5.52. The van der Waals surface area contributed by atoms with Crippen LogP contribution in [0.15, 0.2) is 36.4 Å². The molecule has 1 atom stereocenters. The molecule has 2 aromatic carbocycles. The van der Waals surface area contributed by atoms with Crippen LogP contribution in [0.1, 0.15) is 39.5 Å². The highest BCUT2D eigenvalue weighted by molar-refractivity contribution is 6.83. The number of nitrogens with one attached hydrogen (secondary N) is 1. The van der Waals surface area contributed by atoms with Gasteiger partial charge in [-0.15, -0.1) is 5.54 Å². The van der Waals surface area contributed by atoms with Crippen LogP contribution in [0.2, 0.25) is 24.7 Å². The van der Waals surface area contributed by atoms with E-state index in [1.165, 1.54) is 6.07 Å². The smallest absolute Gasteiger partial charge is 0.275 e. The molecular weight excluding hydrogens is 472 g/mol. The summed E-state index contributed by atoms with van der Waals surface area (Å²) in [4.78, 5) is 17.2. The van der Waals surface area contributed by atoms with Gasteiger partial charge in [-0.3, -0.25) is 9.69 Å². The number of fused-ring (bicyclic) bond motifs is 1. The largest absolute Gasteiger partial charge is 0.322 e. The molecule has 180 valence electrons. The van der Waals surface area contributed by atoms with Gasteiger partial charge in [-0.2, -0.15) is 0 Å². The first-order valence-electron chi connectivity index (χ1n) is 11.5. The third-order valence-corrected chi connectivity index (χ3v) is 7.50. The summed E-state index contributed by atoms with van der Waals surface area (Å²) in [5.41, 5.74) is 5.24. The fraction of sp³-hybridized carbons (Fsp3) is 0.423. The molecule has 8 heteroatoms. The van der Waals surface area contributed by atoms with Crippen molar-refractivity contribution in [2.45, 2.75) is 38.0 Å². The predicted molar refractivity (Wildman–Crippen MR) is 136 cm³/mol. The zero-order chi connectivity index (χ0) is 24.7. The first-order chi connectivity index (χ1) is 15.9. The van der Waals surface area contributed by atoms with E-state index in [2.05, 4.69) is 46.2 Å². The van der Waals surface area contributed by atoms with E-state index in [9.17, 15) is 13.6 Å². The van der Waals surface area contributed by atoms with Crippen LogP contribution in [0.4, 0.5) is 14.5 Å². The van der Waals surface area contributed by atoms with Gasteiger partial charge >= 0.3 is 0 Å². The van der Waals surface area contributed by atoms with Crippen LogP contribution < -0.4 is 5.32 Å². The van der Waals surface area contributed by atoms with Gasteiger partial charge in [0.1, 0.15) is 8.07 Å². The Labute approximate surface area is 206 Å². The molecule has 1 fully saturated rings. The number of rotatable bonds is 3. The second-order valence-corrected chi connectivity index (χ2v) is 15.4. The van der Waals surface area contributed by atoms with Gasteiger partial charge in [0.05, 0.1) is 5.02 Å². The third-order valence-electron chi connectivity index (χ3n) is 6.29. The Morgan fingerprint density at radius 2 is 1.82 bits per heavy atom. The number of alkyl halides is 2. The molecule has 0 radical (unpaired) electrons. The zero-order valence-corrected chi connectivity index (χ0v) is 21.8. The lowest BCUT2D eigenvalue weighted by Gasteiger charge is -2.36. The molecule has 0 spiro atoms. The van der Waals surface area contributed by atoms with Gasteiger partial charge in [-0.05, 0) is 42.9 Å². The Morgan fingerprint density at radius 1 is 1.12 bits per heavy atom. The fourth-order valence-corrected chi connectivity index (χ4v) is 5.06. The molecule has 4 nitrogen and oxygen atoms in total. The molecule has 0 bridgehead atoms. The Balaban J connectivity index is 1.54. The Bertz CT molecular complexity index is 1160. The van der Waals surface area contributed by atoms with Gasteiger partial charge in [0.25, 0.3) is 11.8 Å². The van der Waals surface area contributed by atoms with Crippen LogP contribution in [-0.4, -0.2) is 57.0 Å². The number of carbonyl (C=O) groups is 1. The number of halogens is 3. The first-order valence-corrected chi connectivity index (χ1v) is 15.4. The van der Waals surface area contributed by atoms with Crippen molar-refractivity contribution >= 4 is 31.3 Å². The topological polar surface area (TPSA) is 35.6 Å². The highest BCUT2D eigenvalue weighted by atomic mass is 35.5. The highest BCUT2D eigenvalue weighted by Gasteiger charge is 2.47. The van der Waals surface area contributed by atoms with Crippen molar-refractivity contribution in [3.8, 4) is 11.5 Å². The fourth-order valence-electron chi connectivity index (χ4n) is 4.38.